The van der Waals surface area contributed by atoms with Crippen LogP contribution in [-0.2, 0) is 4.74 Å². The third-order valence-electron chi connectivity index (χ3n) is 4.12. The maximum atomic E-state index is 9.30. The SMILES string of the molecule is COc1ncnc2c1c1ccncc1n2C1CCC(CO)O1. The zero-order valence-corrected chi connectivity index (χ0v) is 12.1. The van der Waals surface area contributed by atoms with Gasteiger partial charge in [0.25, 0.3) is 0 Å². The summed E-state index contributed by atoms with van der Waals surface area (Å²) in [5.74, 6) is 0.539. The van der Waals surface area contributed by atoms with Gasteiger partial charge in [0.05, 0.1) is 36.9 Å². The number of methoxy groups -OCH3 is 1. The van der Waals surface area contributed by atoms with Crippen molar-refractivity contribution in [1.29, 1.82) is 0 Å². The zero-order chi connectivity index (χ0) is 15.1. The molecule has 2 unspecified atom stereocenters. The second-order valence-electron chi connectivity index (χ2n) is 5.32. The van der Waals surface area contributed by atoms with Gasteiger partial charge in [-0.3, -0.25) is 9.55 Å². The van der Waals surface area contributed by atoms with Gasteiger partial charge in [0.15, 0.2) is 5.65 Å². The predicted molar refractivity (Wildman–Crippen MR) is 79.6 cm³/mol. The van der Waals surface area contributed by atoms with Gasteiger partial charge in [0.2, 0.25) is 5.88 Å². The van der Waals surface area contributed by atoms with E-state index < -0.39 is 0 Å². The Balaban J connectivity index is 2.00. The molecule has 7 heteroatoms. The van der Waals surface area contributed by atoms with Crippen molar-refractivity contribution >= 4 is 21.9 Å². The lowest BCUT2D eigenvalue weighted by Gasteiger charge is -2.16. The molecule has 0 bridgehead atoms. The third kappa shape index (κ3) is 1.86. The summed E-state index contributed by atoms with van der Waals surface area (Å²) in [5, 5.41) is 11.1. The van der Waals surface area contributed by atoms with Crippen molar-refractivity contribution in [1.82, 2.24) is 19.5 Å². The Morgan fingerprint density at radius 3 is 3.09 bits per heavy atom. The van der Waals surface area contributed by atoms with Gasteiger partial charge in [0, 0.05) is 11.6 Å². The Hall–Kier alpha value is -2.25. The Bertz CT molecular complexity index is 832. The molecule has 1 N–H and O–H groups in total. The van der Waals surface area contributed by atoms with E-state index in [1.807, 2.05) is 10.6 Å². The van der Waals surface area contributed by atoms with Gasteiger partial charge in [-0.05, 0) is 18.9 Å². The van der Waals surface area contributed by atoms with Crippen molar-refractivity contribution in [3.63, 3.8) is 0 Å². The first-order valence-corrected chi connectivity index (χ1v) is 7.22. The van der Waals surface area contributed by atoms with E-state index in [9.17, 15) is 5.11 Å². The highest BCUT2D eigenvalue weighted by atomic mass is 16.5. The van der Waals surface area contributed by atoms with Gasteiger partial charge in [-0.15, -0.1) is 0 Å². The number of rotatable bonds is 3. The number of aliphatic hydroxyl groups is 1. The number of fused-ring (bicyclic) bond motifs is 3. The van der Waals surface area contributed by atoms with Crippen molar-refractivity contribution in [2.75, 3.05) is 13.7 Å². The number of aliphatic hydroxyl groups excluding tert-OH is 1. The van der Waals surface area contributed by atoms with Crippen LogP contribution in [0.2, 0.25) is 0 Å². The fraction of sp³-hybridized carbons (Fsp3) is 0.400. The minimum absolute atomic E-state index is 0.0319. The molecule has 0 saturated carbocycles. The summed E-state index contributed by atoms with van der Waals surface area (Å²) in [6.45, 7) is 0.0319. The van der Waals surface area contributed by atoms with Crippen molar-refractivity contribution in [2.24, 2.45) is 0 Å². The van der Waals surface area contributed by atoms with E-state index in [2.05, 4.69) is 15.0 Å². The summed E-state index contributed by atoms with van der Waals surface area (Å²) < 4.78 is 13.3. The van der Waals surface area contributed by atoms with Crippen LogP contribution in [0.1, 0.15) is 19.1 Å². The molecule has 7 nitrogen and oxygen atoms in total. The van der Waals surface area contributed by atoms with Crippen LogP contribution in [0.3, 0.4) is 0 Å². The van der Waals surface area contributed by atoms with Crippen LogP contribution in [0.25, 0.3) is 21.9 Å². The highest BCUT2D eigenvalue weighted by molar-refractivity contribution is 6.08. The van der Waals surface area contributed by atoms with Gasteiger partial charge in [0.1, 0.15) is 12.6 Å². The van der Waals surface area contributed by atoms with Gasteiger partial charge in [-0.25, -0.2) is 9.97 Å². The average Bonchev–Trinajstić information content (AvgIpc) is 3.16. The van der Waals surface area contributed by atoms with Gasteiger partial charge < -0.3 is 14.6 Å². The predicted octanol–water partition coefficient (Wildman–Crippen LogP) is 1.66. The Morgan fingerprint density at radius 2 is 2.32 bits per heavy atom. The second-order valence-corrected chi connectivity index (χ2v) is 5.32. The van der Waals surface area contributed by atoms with Crippen LogP contribution in [0, 0.1) is 0 Å². The van der Waals surface area contributed by atoms with Crippen molar-refractivity contribution in [2.45, 2.75) is 25.2 Å². The fourth-order valence-corrected chi connectivity index (χ4v) is 3.14. The number of ether oxygens (including phenoxy) is 2. The lowest BCUT2D eigenvalue weighted by Crippen LogP contribution is -2.14. The largest absolute Gasteiger partial charge is 0.480 e. The molecule has 4 rings (SSSR count). The lowest BCUT2D eigenvalue weighted by molar-refractivity contribution is -0.0186. The molecule has 1 fully saturated rings. The van der Waals surface area contributed by atoms with E-state index in [0.717, 1.165) is 34.8 Å². The van der Waals surface area contributed by atoms with Gasteiger partial charge in [-0.2, -0.15) is 0 Å². The van der Waals surface area contributed by atoms with Crippen molar-refractivity contribution < 1.29 is 14.6 Å². The number of hydrogen-bond donors (Lipinski definition) is 1. The topological polar surface area (TPSA) is 82.3 Å². The molecule has 0 aromatic carbocycles. The van der Waals surface area contributed by atoms with E-state index in [1.54, 1.807) is 19.5 Å². The summed E-state index contributed by atoms with van der Waals surface area (Å²) >= 11 is 0. The van der Waals surface area contributed by atoms with E-state index in [-0.39, 0.29) is 18.9 Å². The molecule has 3 aromatic rings. The molecule has 0 radical (unpaired) electrons. The zero-order valence-electron chi connectivity index (χ0n) is 12.1. The molecule has 4 heterocycles. The monoisotopic (exact) mass is 300 g/mol. The summed E-state index contributed by atoms with van der Waals surface area (Å²) in [6.07, 6.45) is 6.38. The first kappa shape index (κ1) is 13.4. The smallest absolute Gasteiger partial charge is 0.226 e. The van der Waals surface area contributed by atoms with Gasteiger partial charge in [-0.1, -0.05) is 0 Å². The van der Waals surface area contributed by atoms with Crippen LogP contribution in [0.15, 0.2) is 24.8 Å². The minimum atomic E-state index is -0.166. The average molecular weight is 300 g/mol. The molecule has 0 spiro atoms. The Morgan fingerprint density at radius 1 is 1.41 bits per heavy atom. The number of pyridine rings is 1. The van der Waals surface area contributed by atoms with Crippen LogP contribution >= 0.6 is 0 Å². The third-order valence-corrected chi connectivity index (χ3v) is 4.12. The normalized spacial score (nSPS) is 21.7. The molecular formula is C15H16N4O3. The molecule has 2 atom stereocenters. The van der Waals surface area contributed by atoms with E-state index in [4.69, 9.17) is 9.47 Å². The molecular weight excluding hydrogens is 284 g/mol. The lowest BCUT2D eigenvalue weighted by atomic mass is 10.2. The molecule has 0 amide bonds. The number of nitrogens with zero attached hydrogens (tertiary/aromatic N) is 4. The van der Waals surface area contributed by atoms with Crippen LogP contribution < -0.4 is 4.74 Å². The maximum Gasteiger partial charge on any atom is 0.226 e. The summed E-state index contributed by atoms with van der Waals surface area (Å²) in [6, 6.07) is 1.93. The highest BCUT2D eigenvalue weighted by Crippen LogP contribution is 2.38. The van der Waals surface area contributed by atoms with Crippen molar-refractivity contribution in [3.05, 3.63) is 24.8 Å². The van der Waals surface area contributed by atoms with E-state index >= 15 is 0 Å². The van der Waals surface area contributed by atoms with Crippen LogP contribution in [-0.4, -0.2) is 44.4 Å². The summed E-state index contributed by atoms with van der Waals surface area (Å²) in [5.41, 5.74) is 1.69. The Kier molecular flexibility index (Phi) is 3.16. The highest BCUT2D eigenvalue weighted by Gasteiger charge is 2.29. The molecule has 1 aliphatic rings. The molecule has 22 heavy (non-hydrogen) atoms. The van der Waals surface area contributed by atoms with Gasteiger partial charge >= 0.3 is 0 Å². The summed E-state index contributed by atoms with van der Waals surface area (Å²) in [4.78, 5) is 12.8. The molecule has 0 aliphatic carbocycles. The Labute approximate surface area is 126 Å². The van der Waals surface area contributed by atoms with E-state index in [0.29, 0.717) is 5.88 Å². The molecule has 1 aliphatic heterocycles. The number of hydrogen-bond acceptors (Lipinski definition) is 6. The van der Waals surface area contributed by atoms with Crippen LogP contribution in [0.5, 0.6) is 5.88 Å². The maximum absolute atomic E-state index is 9.30. The molecule has 3 aromatic heterocycles. The minimum Gasteiger partial charge on any atom is -0.480 e. The van der Waals surface area contributed by atoms with Crippen molar-refractivity contribution in [3.8, 4) is 5.88 Å². The van der Waals surface area contributed by atoms with Crippen LogP contribution in [0.4, 0.5) is 0 Å². The first-order valence-electron chi connectivity index (χ1n) is 7.22. The standard InChI is InChI=1S/C15H16N4O3/c1-21-15-13-10-4-5-16-6-11(10)19(14(13)17-8-18-15)12-3-2-9(7-20)22-12/h4-6,8-9,12,20H,2-3,7H2,1H3. The fourth-order valence-electron chi connectivity index (χ4n) is 3.14. The molecule has 1 saturated heterocycles. The second kappa shape index (κ2) is 5.19. The number of aromatic nitrogens is 4. The molecule has 114 valence electrons. The first-order chi connectivity index (χ1) is 10.8. The van der Waals surface area contributed by atoms with E-state index in [1.165, 1.54) is 6.33 Å². The quantitative estimate of drug-likeness (QED) is 0.792. The summed E-state index contributed by atoms with van der Waals surface area (Å²) in [7, 11) is 1.60.